The van der Waals surface area contributed by atoms with Crippen LogP contribution in [0.5, 0.6) is 0 Å². The number of allylic oxidation sites excluding steroid dienone is 2. The fourth-order valence-electron chi connectivity index (χ4n) is 3.96. The topological polar surface area (TPSA) is 90.5 Å². The number of halogens is 3. The predicted octanol–water partition coefficient (Wildman–Crippen LogP) is 0.260. The zero-order valence-electron chi connectivity index (χ0n) is 17.8. The largest absolute Gasteiger partial charge is 0.416 e. The van der Waals surface area contributed by atoms with Crippen molar-refractivity contribution in [3.8, 4) is 0 Å². The molecule has 2 fully saturated rings. The normalized spacial score (nSPS) is 25.3. The Labute approximate surface area is 184 Å². The first-order chi connectivity index (χ1) is 15.3. The number of carbonyl (C=O) groups is 1. The van der Waals surface area contributed by atoms with Gasteiger partial charge in [-0.25, -0.2) is 4.99 Å². The van der Waals surface area contributed by atoms with Gasteiger partial charge in [-0.05, 0) is 6.08 Å². The van der Waals surface area contributed by atoms with E-state index in [0.29, 0.717) is 64.1 Å². The van der Waals surface area contributed by atoms with Gasteiger partial charge in [-0.3, -0.25) is 9.69 Å². The number of hydrogen-bond acceptors (Lipinski definition) is 8. The molecule has 12 heteroatoms. The van der Waals surface area contributed by atoms with Crippen molar-refractivity contribution in [2.75, 3.05) is 59.2 Å². The lowest BCUT2D eigenvalue weighted by Gasteiger charge is -2.39. The van der Waals surface area contributed by atoms with Crippen molar-refractivity contribution in [3.63, 3.8) is 0 Å². The number of amidine groups is 1. The van der Waals surface area contributed by atoms with Gasteiger partial charge in [0.1, 0.15) is 11.7 Å². The Kier molecular flexibility index (Phi) is 6.72. The molecule has 4 rings (SSSR count). The molecule has 0 aromatic carbocycles. The number of rotatable bonds is 3. The van der Waals surface area contributed by atoms with E-state index in [2.05, 4.69) is 20.9 Å². The molecule has 0 spiro atoms. The van der Waals surface area contributed by atoms with Crippen molar-refractivity contribution >= 4 is 11.7 Å². The number of ether oxygens (including phenoxy) is 2. The Morgan fingerprint density at radius 2 is 1.78 bits per heavy atom. The molecule has 1 atom stereocenters. The first-order valence-electron chi connectivity index (χ1n) is 10.6. The van der Waals surface area contributed by atoms with Crippen LogP contribution in [0.1, 0.15) is 6.92 Å². The lowest BCUT2D eigenvalue weighted by molar-refractivity contribution is -0.118. The number of nitrogens with one attached hydrogen (secondary N) is 3. The maximum absolute atomic E-state index is 14.0. The third-order valence-corrected chi connectivity index (χ3v) is 5.55. The van der Waals surface area contributed by atoms with Crippen LogP contribution < -0.4 is 16.0 Å². The molecule has 4 aliphatic heterocycles. The molecule has 0 aromatic rings. The van der Waals surface area contributed by atoms with Crippen LogP contribution in [0.25, 0.3) is 0 Å². The zero-order valence-corrected chi connectivity index (χ0v) is 17.8. The van der Waals surface area contributed by atoms with Gasteiger partial charge in [0.2, 0.25) is 5.91 Å². The molecule has 1 unspecified atom stereocenters. The van der Waals surface area contributed by atoms with Gasteiger partial charge in [-0.1, -0.05) is 0 Å². The van der Waals surface area contributed by atoms with E-state index in [1.165, 1.54) is 6.92 Å². The maximum atomic E-state index is 14.0. The minimum absolute atomic E-state index is 0.0248. The summed E-state index contributed by atoms with van der Waals surface area (Å²) in [7, 11) is 0. The van der Waals surface area contributed by atoms with Crippen molar-refractivity contribution in [2.24, 2.45) is 4.99 Å². The Hall–Kier alpha value is -2.57. The molecule has 0 aliphatic carbocycles. The molecule has 3 N–H and O–H groups in total. The van der Waals surface area contributed by atoms with Crippen LogP contribution in [0.2, 0.25) is 0 Å². The zero-order chi connectivity index (χ0) is 22.7. The van der Waals surface area contributed by atoms with Crippen molar-refractivity contribution in [1.29, 1.82) is 0 Å². The molecule has 176 valence electrons. The second-order valence-electron chi connectivity index (χ2n) is 7.79. The second-order valence-corrected chi connectivity index (χ2v) is 7.79. The number of morpholine rings is 2. The standard InChI is InChI=1S/C20H27F3N6O3/c1-13(30)25-17-10-15(20(21,22)23)14(12-24-17)16-11-18(28-2-6-31-7-3-28)27-19(26-16)29-4-8-32-9-5-29/h10-11,19,24,26H,2-9,12H2,1H3,(H,25,30). The van der Waals surface area contributed by atoms with Crippen LogP contribution >= 0.6 is 0 Å². The minimum atomic E-state index is -4.59. The van der Waals surface area contributed by atoms with E-state index in [0.717, 1.165) is 6.08 Å². The average Bonchev–Trinajstić information content (AvgIpc) is 2.79. The predicted molar refractivity (Wildman–Crippen MR) is 110 cm³/mol. The summed E-state index contributed by atoms with van der Waals surface area (Å²) in [6.07, 6.45) is -2.49. The Balaban J connectivity index is 1.70. The van der Waals surface area contributed by atoms with Crippen molar-refractivity contribution < 1.29 is 27.4 Å². The van der Waals surface area contributed by atoms with Crippen LogP contribution in [0.4, 0.5) is 13.2 Å². The van der Waals surface area contributed by atoms with Crippen LogP contribution in [0.15, 0.2) is 39.8 Å². The van der Waals surface area contributed by atoms with Gasteiger partial charge in [-0.15, -0.1) is 0 Å². The fraction of sp³-hybridized carbons (Fsp3) is 0.600. The summed E-state index contributed by atoms with van der Waals surface area (Å²) in [6.45, 7) is 5.81. The number of aliphatic imine (C=N–C) groups is 1. The highest BCUT2D eigenvalue weighted by Gasteiger charge is 2.39. The number of nitrogens with zero attached hydrogens (tertiary/aromatic N) is 3. The minimum Gasteiger partial charge on any atom is -0.379 e. The summed E-state index contributed by atoms with van der Waals surface area (Å²) in [6, 6.07) is 0. The highest BCUT2D eigenvalue weighted by Crippen LogP contribution is 2.34. The van der Waals surface area contributed by atoms with Crippen LogP contribution in [-0.4, -0.2) is 93.2 Å². The maximum Gasteiger partial charge on any atom is 0.416 e. The Bertz CT molecular complexity index is 855. The van der Waals surface area contributed by atoms with Crippen molar-refractivity contribution in [3.05, 3.63) is 34.8 Å². The van der Waals surface area contributed by atoms with Gasteiger partial charge in [-0.2, -0.15) is 13.2 Å². The Morgan fingerprint density at radius 3 is 2.41 bits per heavy atom. The molecule has 4 heterocycles. The van der Waals surface area contributed by atoms with Gasteiger partial charge in [0.05, 0.1) is 32.0 Å². The summed E-state index contributed by atoms with van der Waals surface area (Å²) in [5.74, 6) is 0.207. The van der Waals surface area contributed by atoms with E-state index >= 15 is 0 Å². The van der Waals surface area contributed by atoms with E-state index in [-0.39, 0.29) is 17.9 Å². The van der Waals surface area contributed by atoms with Gasteiger partial charge >= 0.3 is 6.18 Å². The van der Waals surface area contributed by atoms with Gasteiger partial charge < -0.3 is 30.3 Å². The number of alkyl halides is 3. The quantitative estimate of drug-likeness (QED) is 0.561. The summed E-state index contributed by atoms with van der Waals surface area (Å²) in [5.41, 5.74) is -0.371. The third-order valence-electron chi connectivity index (χ3n) is 5.55. The molecule has 0 aromatic heterocycles. The lowest BCUT2D eigenvalue weighted by Crippen LogP contribution is -2.53. The second kappa shape index (κ2) is 9.51. The summed E-state index contributed by atoms with van der Waals surface area (Å²) in [5, 5.41) is 8.46. The van der Waals surface area contributed by atoms with Crippen LogP contribution in [0, 0.1) is 0 Å². The third kappa shape index (κ3) is 5.25. The molecule has 32 heavy (non-hydrogen) atoms. The summed E-state index contributed by atoms with van der Waals surface area (Å²) >= 11 is 0. The molecule has 4 aliphatic rings. The monoisotopic (exact) mass is 456 g/mol. The Morgan fingerprint density at radius 1 is 1.12 bits per heavy atom. The van der Waals surface area contributed by atoms with E-state index in [1.54, 1.807) is 6.08 Å². The fourth-order valence-corrected chi connectivity index (χ4v) is 3.96. The molecule has 2 saturated heterocycles. The molecule has 0 radical (unpaired) electrons. The van der Waals surface area contributed by atoms with E-state index in [4.69, 9.17) is 14.5 Å². The van der Waals surface area contributed by atoms with Gasteiger partial charge in [0.25, 0.3) is 0 Å². The first-order valence-corrected chi connectivity index (χ1v) is 10.6. The van der Waals surface area contributed by atoms with Crippen LogP contribution in [-0.2, 0) is 14.3 Å². The summed E-state index contributed by atoms with van der Waals surface area (Å²) in [4.78, 5) is 20.2. The smallest absolute Gasteiger partial charge is 0.379 e. The first kappa shape index (κ1) is 22.6. The average molecular weight is 456 g/mol. The number of dihydropyridines is 1. The summed E-state index contributed by atoms with van der Waals surface area (Å²) < 4.78 is 52.8. The van der Waals surface area contributed by atoms with Gasteiger partial charge in [0, 0.05) is 57.0 Å². The highest BCUT2D eigenvalue weighted by atomic mass is 19.4. The van der Waals surface area contributed by atoms with E-state index in [1.807, 2.05) is 4.90 Å². The molecule has 0 bridgehead atoms. The number of amides is 1. The van der Waals surface area contributed by atoms with Crippen molar-refractivity contribution in [2.45, 2.75) is 19.4 Å². The molecule has 1 amide bonds. The van der Waals surface area contributed by atoms with Crippen molar-refractivity contribution in [1.82, 2.24) is 25.8 Å². The van der Waals surface area contributed by atoms with Gasteiger partial charge in [0.15, 0.2) is 6.29 Å². The highest BCUT2D eigenvalue weighted by molar-refractivity contribution is 5.95. The van der Waals surface area contributed by atoms with E-state index < -0.39 is 23.9 Å². The molecule has 9 nitrogen and oxygen atoms in total. The van der Waals surface area contributed by atoms with Crippen LogP contribution in [0.3, 0.4) is 0 Å². The lowest BCUT2D eigenvalue weighted by atomic mass is 9.99. The van der Waals surface area contributed by atoms with E-state index in [9.17, 15) is 18.0 Å². The molecular formula is C20H27F3N6O3. The molecule has 0 saturated carbocycles. The SMILES string of the molecule is CC(=O)NC1=CC(C(F)(F)F)=C(C2=CC(N3CCOCC3)=NC(N3CCOCC3)N2)CN1. The number of hydrogen-bond donors (Lipinski definition) is 3. The molecular weight excluding hydrogens is 429 g/mol. The number of carbonyl (C=O) groups excluding carboxylic acids is 1.